The maximum atomic E-state index is 12.6. The minimum atomic E-state index is -0.186. The Morgan fingerprint density at radius 1 is 1.18 bits per heavy atom. The van der Waals surface area contributed by atoms with E-state index in [1.54, 1.807) is 12.1 Å². The fraction of sp³-hybridized carbons (Fsp3) is 0.0588. The fourth-order valence-electron chi connectivity index (χ4n) is 2.21. The maximum absolute atomic E-state index is 12.6. The van der Waals surface area contributed by atoms with Crippen LogP contribution in [0.5, 0.6) is 0 Å². The van der Waals surface area contributed by atoms with Crippen LogP contribution in [-0.4, -0.2) is 11.0 Å². The van der Waals surface area contributed by atoms with Crippen molar-refractivity contribution < 1.29 is 4.79 Å². The first-order valence-electron chi connectivity index (χ1n) is 6.74. The van der Waals surface area contributed by atoms with Gasteiger partial charge in [-0.25, -0.2) is 0 Å². The molecule has 1 amide bonds. The van der Waals surface area contributed by atoms with E-state index in [1.807, 2.05) is 49.4 Å². The number of hydrogen-bond acceptors (Lipinski definition) is 2. The topological polar surface area (TPSA) is 32.3 Å². The Balaban J connectivity index is 1.95. The van der Waals surface area contributed by atoms with Crippen LogP contribution in [0.4, 0.5) is 5.69 Å². The van der Waals surface area contributed by atoms with Gasteiger partial charge in [-0.1, -0.05) is 48.0 Å². The zero-order valence-corrected chi connectivity index (χ0v) is 13.4. The number of carbonyl (C=O) groups excluding carboxylic acids is 1. The Labute approximate surface area is 139 Å². The number of nitrogens with one attached hydrogen (secondary N) is 1. The predicted molar refractivity (Wildman–Crippen MR) is 93.8 cm³/mol. The van der Waals surface area contributed by atoms with Crippen LogP contribution in [0.3, 0.4) is 0 Å². The molecule has 0 saturated carbocycles. The molecule has 1 N–H and O–H groups in total. The van der Waals surface area contributed by atoms with Gasteiger partial charge < -0.3 is 5.32 Å². The van der Waals surface area contributed by atoms with Gasteiger partial charge in [0.1, 0.15) is 5.70 Å². The number of thiocarbonyl (C=S) groups is 1. The number of halogens is 1. The minimum Gasteiger partial charge on any atom is -0.327 e. The number of carbonyl (C=O) groups is 1. The van der Waals surface area contributed by atoms with Gasteiger partial charge in [-0.3, -0.25) is 9.69 Å². The monoisotopic (exact) mass is 328 g/mol. The van der Waals surface area contributed by atoms with E-state index < -0.39 is 0 Å². The summed E-state index contributed by atoms with van der Waals surface area (Å²) in [4.78, 5) is 14.0. The summed E-state index contributed by atoms with van der Waals surface area (Å²) in [7, 11) is 0. The Morgan fingerprint density at radius 2 is 1.91 bits per heavy atom. The maximum Gasteiger partial charge on any atom is 0.281 e. The summed E-state index contributed by atoms with van der Waals surface area (Å²) >= 11 is 11.4. The van der Waals surface area contributed by atoms with Gasteiger partial charge in [-0.15, -0.1) is 0 Å². The lowest BCUT2D eigenvalue weighted by Gasteiger charge is -2.14. The van der Waals surface area contributed by atoms with Crippen molar-refractivity contribution in [3.63, 3.8) is 0 Å². The highest BCUT2D eigenvalue weighted by Crippen LogP contribution is 2.27. The summed E-state index contributed by atoms with van der Waals surface area (Å²) in [5.41, 5.74) is 3.00. The first-order chi connectivity index (χ1) is 10.6. The summed E-state index contributed by atoms with van der Waals surface area (Å²) in [5.74, 6) is -0.186. The van der Waals surface area contributed by atoms with Gasteiger partial charge >= 0.3 is 0 Å². The second-order valence-electron chi connectivity index (χ2n) is 4.97. The van der Waals surface area contributed by atoms with Crippen LogP contribution in [0, 0.1) is 6.92 Å². The molecule has 0 unspecified atom stereocenters. The first kappa shape index (κ1) is 14.8. The van der Waals surface area contributed by atoms with Gasteiger partial charge in [0.25, 0.3) is 5.91 Å². The van der Waals surface area contributed by atoms with Crippen LogP contribution < -0.4 is 10.2 Å². The van der Waals surface area contributed by atoms with Crippen molar-refractivity contribution in [1.29, 1.82) is 0 Å². The Hall–Kier alpha value is -2.17. The molecule has 3 nitrogen and oxygen atoms in total. The molecular formula is C17H13ClN2OS. The molecule has 1 saturated heterocycles. The highest BCUT2D eigenvalue weighted by molar-refractivity contribution is 7.80. The van der Waals surface area contributed by atoms with E-state index in [0.29, 0.717) is 21.5 Å². The standard InChI is InChI=1S/C17H13ClN2OS/c1-11-7-8-13(10-14(11)18)20-16(21)15(19-17(20)22)9-12-5-3-2-4-6-12/h2-10H,1H3,(H,19,22). The highest BCUT2D eigenvalue weighted by atomic mass is 35.5. The molecule has 3 rings (SSSR count). The molecule has 5 heteroatoms. The number of hydrogen-bond donors (Lipinski definition) is 1. The molecule has 0 atom stereocenters. The van der Waals surface area contributed by atoms with Crippen LogP contribution in [0.1, 0.15) is 11.1 Å². The van der Waals surface area contributed by atoms with Crippen LogP contribution in [0.15, 0.2) is 54.2 Å². The number of nitrogens with zero attached hydrogens (tertiary/aromatic N) is 1. The molecule has 0 spiro atoms. The summed E-state index contributed by atoms with van der Waals surface area (Å²) in [6.45, 7) is 1.91. The van der Waals surface area contributed by atoms with Crippen LogP contribution >= 0.6 is 23.8 Å². The first-order valence-corrected chi connectivity index (χ1v) is 7.53. The predicted octanol–water partition coefficient (Wildman–Crippen LogP) is 3.91. The smallest absolute Gasteiger partial charge is 0.281 e. The Kier molecular flexibility index (Phi) is 3.96. The fourth-order valence-corrected chi connectivity index (χ4v) is 2.68. The highest BCUT2D eigenvalue weighted by Gasteiger charge is 2.32. The normalized spacial score (nSPS) is 16.3. The minimum absolute atomic E-state index is 0.186. The van der Waals surface area contributed by atoms with Crippen molar-refractivity contribution >= 4 is 46.6 Å². The molecule has 2 aromatic carbocycles. The molecule has 1 aliphatic heterocycles. The molecule has 2 aromatic rings. The van der Waals surface area contributed by atoms with Crippen LogP contribution in [-0.2, 0) is 4.79 Å². The molecule has 1 fully saturated rings. The van der Waals surface area contributed by atoms with Crippen molar-refractivity contribution in [2.45, 2.75) is 6.92 Å². The summed E-state index contributed by atoms with van der Waals surface area (Å²) in [5, 5.41) is 3.92. The SMILES string of the molecule is Cc1ccc(N2C(=O)C(=Cc3ccccc3)NC2=S)cc1Cl. The van der Waals surface area contributed by atoms with Crippen molar-refractivity contribution in [2.75, 3.05) is 4.90 Å². The van der Waals surface area contributed by atoms with Gasteiger partial charge in [0.15, 0.2) is 5.11 Å². The molecule has 1 aliphatic rings. The molecule has 22 heavy (non-hydrogen) atoms. The van der Waals surface area contributed by atoms with Crippen molar-refractivity contribution in [3.05, 3.63) is 70.4 Å². The molecular weight excluding hydrogens is 316 g/mol. The Bertz CT molecular complexity index is 787. The van der Waals surface area contributed by atoms with Crippen molar-refractivity contribution in [3.8, 4) is 0 Å². The second kappa shape index (κ2) is 5.91. The average Bonchev–Trinajstić information content (AvgIpc) is 2.78. The largest absolute Gasteiger partial charge is 0.327 e. The van der Waals surface area contributed by atoms with E-state index in [0.717, 1.165) is 11.1 Å². The number of rotatable bonds is 2. The zero-order chi connectivity index (χ0) is 15.7. The number of anilines is 1. The van der Waals surface area contributed by atoms with Gasteiger partial charge in [0, 0.05) is 5.02 Å². The number of amides is 1. The lowest BCUT2D eigenvalue weighted by molar-refractivity contribution is -0.113. The third-order valence-corrected chi connectivity index (χ3v) is 4.09. The van der Waals surface area contributed by atoms with Gasteiger partial charge in [0.2, 0.25) is 0 Å². The molecule has 0 bridgehead atoms. The lowest BCUT2D eigenvalue weighted by atomic mass is 10.2. The third-order valence-electron chi connectivity index (χ3n) is 3.40. The van der Waals surface area contributed by atoms with E-state index in [4.69, 9.17) is 23.8 Å². The van der Waals surface area contributed by atoms with Crippen molar-refractivity contribution in [1.82, 2.24) is 5.32 Å². The van der Waals surface area contributed by atoms with Gasteiger partial charge in [-0.2, -0.15) is 0 Å². The van der Waals surface area contributed by atoms with Gasteiger partial charge in [-0.05, 0) is 48.5 Å². The van der Waals surface area contributed by atoms with E-state index >= 15 is 0 Å². The molecule has 110 valence electrons. The van der Waals surface area contributed by atoms with Crippen LogP contribution in [0.25, 0.3) is 6.08 Å². The number of aryl methyl sites for hydroxylation is 1. The number of benzene rings is 2. The average molecular weight is 329 g/mol. The van der Waals surface area contributed by atoms with E-state index in [1.165, 1.54) is 4.90 Å². The third kappa shape index (κ3) is 2.75. The molecule has 1 heterocycles. The quantitative estimate of drug-likeness (QED) is 0.670. The van der Waals surface area contributed by atoms with Crippen LogP contribution in [0.2, 0.25) is 5.02 Å². The van der Waals surface area contributed by atoms with Gasteiger partial charge in [0.05, 0.1) is 5.69 Å². The van der Waals surface area contributed by atoms with E-state index in [2.05, 4.69) is 5.32 Å². The zero-order valence-electron chi connectivity index (χ0n) is 11.8. The Morgan fingerprint density at radius 3 is 2.59 bits per heavy atom. The molecule has 0 radical (unpaired) electrons. The summed E-state index contributed by atoms with van der Waals surface area (Å²) in [6.07, 6.45) is 1.78. The van der Waals surface area contributed by atoms with E-state index in [9.17, 15) is 4.79 Å². The lowest BCUT2D eigenvalue weighted by Crippen LogP contribution is -2.30. The van der Waals surface area contributed by atoms with E-state index in [-0.39, 0.29) is 5.91 Å². The van der Waals surface area contributed by atoms with Crippen molar-refractivity contribution in [2.24, 2.45) is 0 Å². The molecule has 0 aliphatic carbocycles. The summed E-state index contributed by atoms with van der Waals surface area (Å²) < 4.78 is 0. The summed E-state index contributed by atoms with van der Waals surface area (Å²) in [6, 6.07) is 15.1. The second-order valence-corrected chi connectivity index (χ2v) is 5.77. The molecule has 0 aromatic heterocycles.